The average molecular weight is 191 g/mol. The van der Waals surface area contributed by atoms with Crippen LogP contribution in [-0.2, 0) is 14.9 Å². The van der Waals surface area contributed by atoms with Crippen LogP contribution in [0.5, 0.6) is 0 Å². The number of carbonyl (C=O) groups excluding carboxylic acids is 1. The van der Waals surface area contributed by atoms with Crippen molar-refractivity contribution in [1.82, 2.24) is 5.32 Å². The van der Waals surface area contributed by atoms with E-state index in [1.807, 2.05) is 5.32 Å². The molecule has 5 nitrogen and oxygen atoms in total. The summed E-state index contributed by atoms with van der Waals surface area (Å²) in [7, 11) is -4.34. The summed E-state index contributed by atoms with van der Waals surface area (Å²) >= 11 is 0. The molecule has 0 atom stereocenters. The molecule has 0 aliphatic carbocycles. The lowest BCUT2D eigenvalue weighted by atomic mass is 10.6. The molecule has 0 heterocycles. The molecule has 0 saturated carbocycles. The van der Waals surface area contributed by atoms with E-state index in [1.54, 1.807) is 0 Å². The van der Waals surface area contributed by atoms with Gasteiger partial charge in [-0.1, -0.05) is 6.58 Å². The highest BCUT2D eigenvalue weighted by atomic mass is 32.2. The summed E-state index contributed by atoms with van der Waals surface area (Å²) < 4.78 is 29.4. The highest BCUT2D eigenvalue weighted by molar-refractivity contribution is 7.89. The fourth-order valence-electron chi connectivity index (χ4n) is 0.458. The number of allylic oxidation sites excluding steroid dienone is 1. The molecule has 1 amide bonds. The van der Waals surface area contributed by atoms with Crippen molar-refractivity contribution in [3.63, 3.8) is 0 Å². The Morgan fingerprint density at radius 1 is 1.58 bits per heavy atom. The minimum atomic E-state index is -4.34. The number of amides is 1. The molecule has 6 heteroatoms. The first-order chi connectivity index (χ1) is 5.41. The van der Waals surface area contributed by atoms with E-state index in [1.165, 1.54) is 6.92 Å². The zero-order valence-electron chi connectivity index (χ0n) is 6.44. The first kappa shape index (κ1) is 10.9. The smallest absolute Gasteiger partial charge is 0.309 e. The molecule has 0 saturated heterocycles. The van der Waals surface area contributed by atoms with Crippen molar-refractivity contribution >= 4 is 16.0 Å². The highest BCUT2D eigenvalue weighted by Gasteiger charge is 2.13. The fourth-order valence-corrected chi connectivity index (χ4v) is 0.985. The van der Waals surface area contributed by atoms with Crippen LogP contribution in [0.15, 0.2) is 23.8 Å². The molecule has 0 aromatic rings. The number of nitrogens with one attached hydrogen (secondary N) is 1. The van der Waals surface area contributed by atoms with Crippen molar-refractivity contribution in [2.24, 2.45) is 0 Å². The molecule has 0 aromatic carbocycles. The standard InChI is InChI=1S/C6H9NO4S/c1-3-5(8)7-6(4-2)12(9,10)11/h3-4H,1H2,2H3,(H,7,8)(H,9,10,11). The van der Waals surface area contributed by atoms with Crippen LogP contribution in [0, 0.1) is 0 Å². The number of carbonyl (C=O) groups is 1. The van der Waals surface area contributed by atoms with Crippen LogP contribution in [0.4, 0.5) is 0 Å². The molecule has 68 valence electrons. The minimum Gasteiger partial charge on any atom is -0.311 e. The molecular weight excluding hydrogens is 182 g/mol. The van der Waals surface area contributed by atoms with Gasteiger partial charge in [0.2, 0.25) is 5.91 Å². The van der Waals surface area contributed by atoms with Crippen LogP contribution in [0.2, 0.25) is 0 Å². The Morgan fingerprint density at radius 3 is 2.33 bits per heavy atom. The van der Waals surface area contributed by atoms with Gasteiger partial charge in [0.25, 0.3) is 0 Å². The maximum atomic E-state index is 10.6. The second-order valence-corrected chi connectivity index (χ2v) is 3.21. The Balaban J connectivity index is 4.65. The van der Waals surface area contributed by atoms with Gasteiger partial charge in [-0.15, -0.1) is 0 Å². The normalized spacial score (nSPS) is 12.3. The lowest BCUT2D eigenvalue weighted by molar-refractivity contribution is -0.115. The summed E-state index contributed by atoms with van der Waals surface area (Å²) in [4.78, 5) is 10.6. The van der Waals surface area contributed by atoms with Gasteiger partial charge < -0.3 is 5.32 Å². The zero-order valence-corrected chi connectivity index (χ0v) is 7.26. The topological polar surface area (TPSA) is 83.5 Å². The highest BCUT2D eigenvalue weighted by Crippen LogP contribution is 1.98. The lowest BCUT2D eigenvalue weighted by Gasteiger charge is -2.02. The first-order valence-electron chi connectivity index (χ1n) is 2.99. The van der Waals surface area contributed by atoms with Crippen molar-refractivity contribution in [1.29, 1.82) is 0 Å². The van der Waals surface area contributed by atoms with Gasteiger partial charge in [0.05, 0.1) is 0 Å². The van der Waals surface area contributed by atoms with Crippen molar-refractivity contribution in [3.8, 4) is 0 Å². The van der Waals surface area contributed by atoms with Crippen LogP contribution in [0.25, 0.3) is 0 Å². The van der Waals surface area contributed by atoms with Gasteiger partial charge >= 0.3 is 10.1 Å². The SMILES string of the molecule is C=CC(=O)NC(=CC)S(=O)(=O)O. The molecule has 0 rings (SSSR count). The van der Waals surface area contributed by atoms with E-state index in [2.05, 4.69) is 6.58 Å². The average Bonchev–Trinajstić information content (AvgIpc) is 1.97. The number of hydrogen-bond donors (Lipinski definition) is 2. The van der Waals surface area contributed by atoms with E-state index in [4.69, 9.17) is 4.55 Å². The van der Waals surface area contributed by atoms with Crippen LogP contribution in [-0.4, -0.2) is 18.9 Å². The fraction of sp³-hybridized carbons (Fsp3) is 0.167. The van der Waals surface area contributed by atoms with Crippen molar-refractivity contribution < 1.29 is 17.8 Å². The third-order valence-corrected chi connectivity index (χ3v) is 1.87. The van der Waals surface area contributed by atoms with E-state index >= 15 is 0 Å². The van der Waals surface area contributed by atoms with Gasteiger partial charge in [-0.3, -0.25) is 9.35 Å². The van der Waals surface area contributed by atoms with Crippen LogP contribution >= 0.6 is 0 Å². The maximum absolute atomic E-state index is 10.6. The largest absolute Gasteiger partial charge is 0.311 e. The molecule has 0 fully saturated rings. The van der Waals surface area contributed by atoms with E-state index in [0.717, 1.165) is 12.2 Å². The summed E-state index contributed by atoms with van der Waals surface area (Å²) in [6, 6.07) is 0. The van der Waals surface area contributed by atoms with E-state index in [9.17, 15) is 13.2 Å². The van der Waals surface area contributed by atoms with Gasteiger partial charge in [0.1, 0.15) is 0 Å². The predicted octanol–water partition coefficient (Wildman–Crippen LogP) is 0.0377. The molecule has 0 unspecified atom stereocenters. The monoisotopic (exact) mass is 191 g/mol. The molecule has 12 heavy (non-hydrogen) atoms. The Hall–Kier alpha value is -1.14. The predicted molar refractivity (Wildman–Crippen MR) is 43.6 cm³/mol. The Bertz CT molecular complexity index is 314. The molecule has 2 N–H and O–H groups in total. The Labute approximate surface area is 70.5 Å². The Morgan fingerprint density at radius 2 is 2.08 bits per heavy atom. The van der Waals surface area contributed by atoms with Crippen molar-refractivity contribution in [3.05, 3.63) is 23.8 Å². The molecule has 0 aliphatic rings. The molecule has 0 radical (unpaired) electrons. The van der Waals surface area contributed by atoms with Crippen LogP contribution < -0.4 is 5.32 Å². The maximum Gasteiger partial charge on any atom is 0.309 e. The zero-order chi connectivity index (χ0) is 9.78. The second-order valence-electron chi connectivity index (χ2n) is 1.82. The molecular formula is C6H9NO4S. The molecule has 0 aliphatic heterocycles. The van der Waals surface area contributed by atoms with Gasteiger partial charge in [0, 0.05) is 0 Å². The number of hydrogen-bond acceptors (Lipinski definition) is 3. The minimum absolute atomic E-state index is 0.549. The summed E-state index contributed by atoms with van der Waals surface area (Å²) in [6.07, 6.45) is 1.96. The first-order valence-corrected chi connectivity index (χ1v) is 4.43. The van der Waals surface area contributed by atoms with Gasteiger partial charge in [0.15, 0.2) is 5.03 Å². The molecule has 0 aromatic heterocycles. The Kier molecular flexibility index (Phi) is 3.65. The van der Waals surface area contributed by atoms with Gasteiger partial charge in [-0.2, -0.15) is 8.42 Å². The van der Waals surface area contributed by atoms with Crippen molar-refractivity contribution in [2.45, 2.75) is 6.92 Å². The van der Waals surface area contributed by atoms with E-state index < -0.39 is 21.1 Å². The summed E-state index contributed by atoms with van der Waals surface area (Å²) in [6.45, 7) is 4.48. The summed E-state index contributed by atoms with van der Waals surface area (Å²) in [5.41, 5.74) is 0. The quantitative estimate of drug-likeness (QED) is 0.487. The third-order valence-electron chi connectivity index (χ3n) is 0.972. The van der Waals surface area contributed by atoms with Gasteiger partial charge in [-0.05, 0) is 19.1 Å². The van der Waals surface area contributed by atoms with Crippen LogP contribution in [0.3, 0.4) is 0 Å². The van der Waals surface area contributed by atoms with Crippen LogP contribution in [0.1, 0.15) is 6.92 Å². The lowest BCUT2D eigenvalue weighted by Crippen LogP contribution is -2.25. The number of rotatable bonds is 3. The van der Waals surface area contributed by atoms with E-state index in [-0.39, 0.29) is 0 Å². The van der Waals surface area contributed by atoms with Gasteiger partial charge in [-0.25, -0.2) is 0 Å². The second kappa shape index (κ2) is 4.03. The summed E-state index contributed by atoms with van der Waals surface area (Å²) in [5.74, 6) is -0.694. The van der Waals surface area contributed by atoms with E-state index in [0.29, 0.717) is 0 Å². The third kappa shape index (κ3) is 3.31. The molecule has 0 spiro atoms. The van der Waals surface area contributed by atoms with Crippen molar-refractivity contribution in [2.75, 3.05) is 0 Å². The molecule has 0 bridgehead atoms. The summed E-state index contributed by atoms with van der Waals surface area (Å²) in [5, 5.41) is 1.37.